The largest absolute Gasteiger partial charge is 2.00 e. The second-order valence-corrected chi connectivity index (χ2v) is 12.7. The van der Waals surface area contributed by atoms with Crippen LogP contribution in [0.15, 0.2) is 121 Å². The first kappa shape index (κ1) is 34.4. The Kier molecular flexibility index (Phi) is 16.4. The van der Waals surface area contributed by atoms with Crippen LogP contribution in [-0.4, -0.2) is 0 Å². The molecule has 2 aliphatic carbocycles. The molecule has 4 aromatic rings. The van der Waals surface area contributed by atoms with E-state index in [4.69, 9.17) is 0 Å². The fraction of sp³-hybridized carbons (Fsp3) is 0. The van der Waals surface area contributed by atoms with Crippen molar-refractivity contribution < 1.29 is 50.5 Å². The average molecular weight is 785 g/mol. The van der Waals surface area contributed by atoms with Gasteiger partial charge < -0.3 is 12.4 Å². The summed E-state index contributed by atoms with van der Waals surface area (Å²) in [7, 11) is -0.818. The van der Waals surface area contributed by atoms with E-state index in [9.17, 15) is 0 Å². The quantitative estimate of drug-likeness (QED) is 0.206. The third kappa shape index (κ3) is 9.65. The van der Waals surface area contributed by atoms with Gasteiger partial charge in [-0.2, -0.15) is 0 Å². The molecule has 0 unspecified atom stereocenters. The molecule has 0 saturated heterocycles. The maximum absolute atomic E-state index is 2.23. The van der Waals surface area contributed by atoms with Crippen LogP contribution in [0.3, 0.4) is 0 Å². The Labute approximate surface area is 269 Å². The summed E-state index contributed by atoms with van der Waals surface area (Å²) in [5.74, 6) is 0. The molecule has 0 heterocycles. The molecule has 0 N–H and O–H groups in total. The van der Waals surface area contributed by atoms with Crippen molar-refractivity contribution in [2.45, 2.75) is 0 Å². The Morgan fingerprint density at radius 2 is 0.538 bits per heavy atom. The van der Waals surface area contributed by atoms with Crippen LogP contribution in [0.2, 0.25) is 0 Å². The molecule has 2 saturated carbocycles. The Morgan fingerprint density at radius 3 is 0.744 bits per heavy atom. The number of halogens is 1. The van der Waals surface area contributed by atoms with Gasteiger partial charge in [0.25, 0.3) is 0 Å². The topological polar surface area (TPSA) is 0 Å². The molecule has 0 bridgehead atoms. The van der Waals surface area contributed by atoms with Gasteiger partial charge in [-0.3, -0.25) is 0 Å². The molecular weight excluding hydrogens is 757 g/mol. The SMILES string of the molecule is [CH]1[CH][CH][C](P(c2ccccc2)c2ccccc2)[CH]1.[CH]1[CH][CH][C](P(c2ccccc2)c2ccccc2)[CH]1.[Cl-].[Fe+2].[Pt+2]. The zero-order chi connectivity index (χ0) is 24.4. The molecule has 5 heteroatoms. The minimum Gasteiger partial charge on any atom is -1.00 e. The van der Waals surface area contributed by atoms with E-state index in [1.807, 2.05) is 0 Å². The predicted molar refractivity (Wildman–Crippen MR) is 159 cm³/mol. The van der Waals surface area contributed by atoms with Gasteiger partial charge >= 0.3 is 38.1 Å². The Balaban J connectivity index is 0.000000254. The average Bonchev–Trinajstić information content (AvgIpc) is 3.68. The molecule has 0 atom stereocenters. The predicted octanol–water partition coefficient (Wildman–Crippen LogP) is 3.96. The van der Waals surface area contributed by atoms with Gasteiger partial charge in [-0.1, -0.05) is 121 Å². The molecular formula is C34H28ClFeP2Pt+3. The maximum atomic E-state index is 2.23. The van der Waals surface area contributed by atoms with E-state index in [1.165, 1.54) is 32.5 Å². The molecule has 0 spiro atoms. The summed E-state index contributed by atoms with van der Waals surface area (Å²) in [4.78, 5) is 0. The Hall–Kier alpha value is -0.762. The minimum atomic E-state index is -0.409. The molecule has 0 nitrogen and oxygen atoms in total. The molecule has 196 valence electrons. The van der Waals surface area contributed by atoms with Gasteiger partial charge in [0.2, 0.25) is 0 Å². The zero-order valence-electron chi connectivity index (χ0n) is 21.1. The summed E-state index contributed by atoms with van der Waals surface area (Å²) in [5, 5.41) is 5.63. The van der Waals surface area contributed by atoms with Crippen molar-refractivity contribution >= 4 is 37.1 Å². The summed E-state index contributed by atoms with van der Waals surface area (Å²) >= 11 is 0. The van der Waals surface area contributed by atoms with E-state index in [2.05, 4.69) is 173 Å². The van der Waals surface area contributed by atoms with Crippen molar-refractivity contribution in [3.63, 3.8) is 0 Å². The summed E-state index contributed by atoms with van der Waals surface area (Å²) < 4.78 is 0. The van der Waals surface area contributed by atoms with Crippen LogP contribution in [0.25, 0.3) is 0 Å². The number of benzene rings is 4. The van der Waals surface area contributed by atoms with Crippen LogP contribution in [0, 0.1) is 62.7 Å². The Morgan fingerprint density at radius 1 is 0.333 bits per heavy atom. The van der Waals surface area contributed by atoms with Crippen LogP contribution in [0.1, 0.15) is 0 Å². The van der Waals surface area contributed by atoms with E-state index in [1.54, 1.807) is 0 Å². The van der Waals surface area contributed by atoms with Gasteiger partial charge in [-0.05, 0) is 88.4 Å². The summed E-state index contributed by atoms with van der Waals surface area (Å²) in [6.07, 6.45) is 17.4. The normalized spacial score (nSPS) is 15.0. The number of hydrogen-bond acceptors (Lipinski definition) is 0. The summed E-state index contributed by atoms with van der Waals surface area (Å²) in [6.45, 7) is 0. The zero-order valence-corrected chi connectivity index (χ0v) is 27.0. The van der Waals surface area contributed by atoms with Gasteiger partial charge in [0.1, 0.15) is 0 Å². The number of hydrogen-bond donors (Lipinski definition) is 0. The van der Waals surface area contributed by atoms with Gasteiger partial charge in [-0.15, -0.1) is 0 Å². The van der Waals surface area contributed by atoms with E-state index >= 15 is 0 Å². The molecule has 0 aromatic heterocycles. The van der Waals surface area contributed by atoms with Crippen molar-refractivity contribution in [2.75, 3.05) is 0 Å². The molecule has 4 aromatic carbocycles. The van der Waals surface area contributed by atoms with Crippen molar-refractivity contribution in [1.29, 1.82) is 0 Å². The van der Waals surface area contributed by atoms with Crippen molar-refractivity contribution in [3.05, 3.63) is 184 Å². The van der Waals surface area contributed by atoms with Gasteiger partial charge in [0, 0.05) is 11.3 Å². The van der Waals surface area contributed by atoms with Gasteiger partial charge in [0.15, 0.2) is 0 Å². The monoisotopic (exact) mass is 784 g/mol. The van der Waals surface area contributed by atoms with E-state index < -0.39 is 15.8 Å². The molecule has 2 fully saturated rings. The summed E-state index contributed by atoms with van der Waals surface area (Å²) in [5.41, 5.74) is 2.84. The van der Waals surface area contributed by atoms with E-state index in [0.717, 1.165) is 0 Å². The van der Waals surface area contributed by atoms with Crippen molar-refractivity contribution in [3.8, 4) is 0 Å². The third-order valence-corrected chi connectivity index (χ3v) is 10.8. The van der Waals surface area contributed by atoms with Gasteiger partial charge in [-0.25, -0.2) is 0 Å². The molecule has 0 amide bonds. The fourth-order valence-electron chi connectivity index (χ4n) is 4.23. The first-order valence-electron chi connectivity index (χ1n) is 12.1. The second-order valence-electron chi connectivity index (χ2n) is 8.30. The fourth-order valence-corrected chi connectivity index (χ4v) is 8.84. The van der Waals surface area contributed by atoms with Crippen molar-refractivity contribution in [1.82, 2.24) is 0 Å². The van der Waals surface area contributed by atoms with Crippen LogP contribution < -0.4 is 33.6 Å². The molecule has 0 aliphatic heterocycles. The standard InChI is InChI=1S/2C17H14P.ClH.Fe.Pt/c2*1-3-9-15(10-4-1)18(17-13-7-8-14-17)16-11-5-2-6-12-16;;;/h2*1-14H;1H;;/q;;;2*+2/p-1. The first-order valence-corrected chi connectivity index (χ1v) is 14.8. The van der Waals surface area contributed by atoms with Crippen LogP contribution >= 0.6 is 15.8 Å². The summed E-state index contributed by atoms with van der Waals surface area (Å²) in [6, 6.07) is 43.1. The molecule has 2 aliphatic rings. The van der Waals surface area contributed by atoms with E-state index in [0.29, 0.717) is 0 Å². The van der Waals surface area contributed by atoms with E-state index in [-0.39, 0.29) is 50.5 Å². The maximum Gasteiger partial charge on any atom is 2.00 e. The minimum absolute atomic E-state index is 0. The molecule has 39 heavy (non-hydrogen) atoms. The van der Waals surface area contributed by atoms with Crippen LogP contribution in [-0.2, 0) is 38.1 Å². The van der Waals surface area contributed by atoms with Crippen molar-refractivity contribution in [2.24, 2.45) is 0 Å². The first-order chi connectivity index (χ1) is 17.9. The molecule has 10 radical (unpaired) electrons. The number of rotatable bonds is 6. The third-order valence-electron chi connectivity index (χ3n) is 5.86. The molecule has 6 rings (SSSR count). The van der Waals surface area contributed by atoms with Crippen LogP contribution in [0.5, 0.6) is 0 Å². The van der Waals surface area contributed by atoms with Gasteiger partial charge in [0.05, 0.1) is 0 Å². The second kappa shape index (κ2) is 18.6. The Bertz CT molecular complexity index is 979. The van der Waals surface area contributed by atoms with Crippen LogP contribution in [0.4, 0.5) is 0 Å². The smallest absolute Gasteiger partial charge is 1.00 e.